The van der Waals surface area contributed by atoms with Crippen LogP contribution in [-0.2, 0) is 9.47 Å². The molecule has 27 heavy (non-hydrogen) atoms. The molecule has 0 aromatic heterocycles. The number of nitrogens with one attached hydrogen (secondary N) is 2. The second kappa shape index (κ2) is 11.9. The summed E-state index contributed by atoms with van der Waals surface area (Å²) in [6, 6.07) is 0. The Labute approximate surface area is 166 Å². The molecule has 1 saturated heterocycles. The van der Waals surface area contributed by atoms with Crippen molar-refractivity contribution < 1.29 is 9.47 Å². The summed E-state index contributed by atoms with van der Waals surface area (Å²) < 4.78 is 11.6. The van der Waals surface area contributed by atoms with E-state index >= 15 is 0 Å². The zero-order valence-corrected chi connectivity index (χ0v) is 18.1. The number of nitrogens with zero attached hydrogens (tertiary/aromatic N) is 2. The van der Waals surface area contributed by atoms with Crippen molar-refractivity contribution in [1.29, 1.82) is 0 Å². The number of hydrogen-bond donors (Lipinski definition) is 2. The molecule has 1 heterocycles. The summed E-state index contributed by atoms with van der Waals surface area (Å²) in [5.74, 6) is 1.66. The molecule has 0 amide bonds. The minimum absolute atomic E-state index is 0.109. The molecule has 1 atom stereocenters. The third-order valence-corrected chi connectivity index (χ3v) is 6.28. The minimum atomic E-state index is 0.109. The zero-order valence-electron chi connectivity index (χ0n) is 18.1. The van der Waals surface area contributed by atoms with Gasteiger partial charge >= 0.3 is 0 Å². The average Bonchev–Trinajstić information content (AvgIpc) is 3.20. The average molecular weight is 383 g/mol. The highest BCUT2D eigenvalue weighted by atomic mass is 16.5. The molecule has 2 N–H and O–H groups in total. The summed E-state index contributed by atoms with van der Waals surface area (Å²) >= 11 is 0. The van der Waals surface area contributed by atoms with Crippen molar-refractivity contribution in [3.05, 3.63) is 0 Å². The Morgan fingerprint density at radius 2 is 1.89 bits per heavy atom. The van der Waals surface area contributed by atoms with E-state index < -0.39 is 0 Å². The molecule has 6 heteroatoms. The van der Waals surface area contributed by atoms with Crippen LogP contribution < -0.4 is 10.6 Å². The van der Waals surface area contributed by atoms with Crippen molar-refractivity contribution in [2.45, 2.75) is 70.4 Å². The van der Waals surface area contributed by atoms with E-state index in [9.17, 15) is 0 Å². The van der Waals surface area contributed by atoms with Gasteiger partial charge in [0.2, 0.25) is 0 Å². The van der Waals surface area contributed by atoms with Crippen LogP contribution in [0.1, 0.15) is 58.8 Å². The van der Waals surface area contributed by atoms with Gasteiger partial charge in [0, 0.05) is 38.4 Å². The van der Waals surface area contributed by atoms with Gasteiger partial charge in [-0.25, -0.2) is 0 Å². The smallest absolute Gasteiger partial charge is 0.191 e. The van der Waals surface area contributed by atoms with Crippen molar-refractivity contribution in [2.75, 3.05) is 53.6 Å². The van der Waals surface area contributed by atoms with Crippen molar-refractivity contribution in [1.82, 2.24) is 15.5 Å². The molecule has 6 nitrogen and oxygen atoms in total. The first-order valence-corrected chi connectivity index (χ1v) is 11.0. The fourth-order valence-electron chi connectivity index (χ4n) is 4.40. The van der Waals surface area contributed by atoms with E-state index in [0.717, 1.165) is 70.6 Å². The summed E-state index contributed by atoms with van der Waals surface area (Å²) in [5.41, 5.74) is 0.109. The van der Waals surface area contributed by atoms with Crippen LogP contribution in [0.4, 0.5) is 0 Å². The number of likely N-dealkylation sites (N-methyl/N-ethyl adjacent to an activating group) is 1. The number of ether oxygens (including phenoxy) is 2. The fraction of sp³-hybridized carbons (Fsp3) is 0.952. The molecule has 0 spiro atoms. The lowest BCUT2D eigenvalue weighted by atomic mass is 9.89. The lowest BCUT2D eigenvalue weighted by Crippen LogP contribution is -2.51. The van der Waals surface area contributed by atoms with Crippen molar-refractivity contribution in [2.24, 2.45) is 10.9 Å². The van der Waals surface area contributed by atoms with Crippen LogP contribution >= 0.6 is 0 Å². The molecule has 0 aromatic carbocycles. The molecule has 158 valence electrons. The molecule has 1 aliphatic heterocycles. The first kappa shape index (κ1) is 22.4. The van der Waals surface area contributed by atoms with Crippen LogP contribution in [0.25, 0.3) is 0 Å². The van der Waals surface area contributed by atoms with Crippen LogP contribution in [-0.4, -0.2) is 76.1 Å². The molecule has 2 fully saturated rings. The van der Waals surface area contributed by atoms with Gasteiger partial charge < -0.3 is 25.0 Å². The molecule has 1 saturated carbocycles. The quantitative estimate of drug-likeness (QED) is 0.449. The van der Waals surface area contributed by atoms with E-state index in [-0.39, 0.29) is 5.54 Å². The summed E-state index contributed by atoms with van der Waals surface area (Å²) in [6.45, 7) is 9.28. The van der Waals surface area contributed by atoms with Gasteiger partial charge in [-0.2, -0.15) is 0 Å². The van der Waals surface area contributed by atoms with Crippen LogP contribution in [0.2, 0.25) is 0 Å². The Bertz CT molecular complexity index is 430. The Kier molecular flexibility index (Phi) is 9.87. The number of aliphatic imine (C=N–C) groups is 1. The molecule has 0 bridgehead atoms. The van der Waals surface area contributed by atoms with E-state index in [1.807, 2.05) is 0 Å². The van der Waals surface area contributed by atoms with Crippen molar-refractivity contribution in [3.8, 4) is 0 Å². The highest BCUT2D eigenvalue weighted by Crippen LogP contribution is 2.30. The summed E-state index contributed by atoms with van der Waals surface area (Å²) in [6.07, 6.45) is 8.89. The van der Waals surface area contributed by atoms with Crippen LogP contribution in [0.3, 0.4) is 0 Å². The second-order valence-electron chi connectivity index (χ2n) is 8.18. The highest BCUT2D eigenvalue weighted by molar-refractivity contribution is 5.79. The molecule has 2 rings (SSSR count). The lowest BCUT2D eigenvalue weighted by molar-refractivity contribution is -0.00257. The van der Waals surface area contributed by atoms with E-state index in [1.54, 1.807) is 0 Å². The van der Waals surface area contributed by atoms with Gasteiger partial charge in [0.1, 0.15) is 0 Å². The summed E-state index contributed by atoms with van der Waals surface area (Å²) in [4.78, 5) is 7.25. The van der Waals surface area contributed by atoms with Gasteiger partial charge in [-0.15, -0.1) is 0 Å². The number of rotatable bonds is 10. The molecule has 1 aliphatic carbocycles. The third-order valence-electron chi connectivity index (χ3n) is 6.28. The monoisotopic (exact) mass is 382 g/mol. The van der Waals surface area contributed by atoms with Gasteiger partial charge in [-0.3, -0.25) is 4.99 Å². The van der Waals surface area contributed by atoms with E-state index in [0.29, 0.717) is 6.10 Å². The van der Waals surface area contributed by atoms with Gasteiger partial charge in [-0.05, 0) is 66.0 Å². The predicted octanol–water partition coefficient (Wildman–Crippen LogP) is 2.64. The zero-order chi connectivity index (χ0) is 19.5. The SMILES string of the molecule is CCNC(=NCC1(N(C)C)CCOCC1)NCCC(OCC)C1CCCC1. The van der Waals surface area contributed by atoms with Gasteiger partial charge in [0.15, 0.2) is 5.96 Å². The van der Waals surface area contributed by atoms with Crippen molar-refractivity contribution >= 4 is 5.96 Å². The molecule has 1 unspecified atom stereocenters. The predicted molar refractivity (Wildman–Crippen MR) is 112 cm³/mol. The maximum absolute atomic E-state index is 6.05. The third kappa shape index (κ3) is 6.91. The van der Waals surface area contributed by atoms with Gasteiger partial charge in [-0.1, -0.05) is 12.8 Å². The van der Waals surface area contributed by atoms with Crippen molar-refractivity contribution in [3.63, 3.8) is 0 Å². The topological polar surface area (TPSA) is 58.1 Å². The maximum atomic E-state index is 6.05. The Morgan fingerprint density at radius 3 is 2.48 bits per heavy atom. The first-order valence-electron chi connectivity index (χ1n) is 11.0. The fourth-order valence-corrected chi connectivity index (χ4v) is 4.40. The van der Waals surface area contributed by atoms with Crippen LogP contribution in [0.5, 0.6) is 0 Å². The number of guanidine groups is 1. The normalized spacial score (nSPS) is 22.2. The van der Waals surface area contributed by atoms with E-state index in [1.165, 1.54) is 25.7 Å². The Balaban J connectivity index is 1.88. The molecular weight excluding hydrogens is 340 g/mol. The maximum Gasteiger partial charge on any atom is 0.191 e. The Morgan fingerprint density at radius 1 is 1.19 bits per heavy atom. The lowest BCUT2D eigenvalue weighted by Gasteiger charge is -2.41. The van der Waals surface area contributed by atoms with Gasteiger partial charge in [0.25, 0.3) is 0 Å². The minimum Gasteiger partial charge on any atom is -0.381 e. The molecule has 2 aliphatic rings. The molecule has 0 radical (unpaired) electrons. The summed E-state index contributed by atoms with van der Waals surface area (Å²) in [5, 5.41) is 6.94. The second-order valence-corrected chi connectivity index (χ2v) is 8.18. The van der Waals surface area contributed by atoms with E-state index in [4.69, 9.17) is 14.5 Å². The van der Waals surface area contributed by atoms with Crippen LogP contribution in [0.15, 0.2) is 4.99 Å². The Hall–Kier alpha value is -0.850. The number of hydrogen-bond acceptors (Lipinski definition) is 4. The highest BCUT2D eigenvalue weighted by Gasteiger charge is 2.34. The first-order chi connectivity index (χ1) is 13.1. The molecule has 0 aromatic rings. The van der Waals surface area contributed by atoms with Crippen LogP contribution in [0, 0.1) is 5.92 Å². The molecular formula is C21H42N4O2. The van der Waals surface area contributed by atoms with Gasteiger partial charge in [0.05, 0.1) is 12.6 Å². The largest absolute Gasteiger partial charge is 0.381 e. The van der Waals surface area contributed by atoms with E-state index in [2.05, 4.69) is 43.5 Å². The summed E-state index contributed by atoms with van der Waals surface area (Å²) in [7, 11) is 4.32. The standard InChI is InChI=1S/C21H42N4O2/c1-5-22-20(24-17-21(25(3)4)12-15-26-16-13-21)23-14-11-19(27-6-2)18-9-7-8-10-18/h18-19H,5-17H2,1-4H3,(H2,22,23,24).